The molecule has 0 spiro atoms. The zero-order valence-electron chi connectivity index (χ0n) is 18.4. The van der Waals surface area contributed by atoms with Crippen LogP contribution in [0.1, 0.15) is 23.6 Å². The van der Waals surface area contributed by atoms with Gasteiger partial charge in [-0.3, -0.25) is 9.59 Å². The van der Waals surface area contributed by atoms with Crippen molar-refractivity contribution < 1.29 is 19.4 Å². The summed E-state index contributed by atoms with van der Waals surface area (Å²) in [6.45, 7) is 4.93. The minimum absolute atomic E-state index is 0.0378. The van der Waals surface area contributed by atoms with Gasteiger partial charge >= 0.3 is 0 Å². The third kappa shape index (κ3) is 4.89. The summed E-state index contributed by atoms with van der Waals surface area (Å²) in [4.78, 5) is 31.8. The Morgan fingerprint density at radius 3 is 2.68 bits per heavy atom. The van der Waals surface area contributed by atoms with Gasteiger partial charge in [0.15, 0.2) is 0 Å². The summed E-state index contributed by atoms with van der Waals surface area (Å²) in [7, 11) is 0. The molecule has 0 bridgehead atoms. The number of Topliss-reactive ketones (excluding diaryl/α,β-unsaturated/α-hetero) is 1. The van der Waals surface area contributed by atoms with E-state index in [1.807, 2.05) is 16.8 Å². The first-order valence-electron chi connectivity index (χ1n) is 10.8. The molecular weight excluding hydrogens is 454 g/mol. The number of carbonyl (C=O) groups excluding carboxylic acids is 2. The van der Waals surface area contributed by atoms with E-state index in [9.17, 15) is 14.7 Å². The van der Waals surface area contributed by atoms with Gasteiger partial charge in [0.2, 0.25) is 0 Å². The number of amides is 1. The van der Waals surface area contributed by atoms with Crippen LogP contribution in [0.5, 0.6) is 5.75 Å². The number of hydrogen-bond acceptors (Lipinski definition) is 5. The van der Waals surface area contributed by atoms with Crippen LogP contribution in [-0.4, -0.2) is 44.4 Å². The minimum atomic E-state index is -0.759. The Labute approximate surface area is 202 Å². The second kappa shape index (κ2) is 10.4. The Morgan fingerprint density at radius 2 is 1.97 bits per heavy atom. The van der Waals surface area contributed by atoms with Gasteiger partial charge in [-0.1, -0.05) is 36.4 Å². The molecule has 0 unspecified atom stereocenters. The maximum absolute atomic E-state index is 13.1. The Bertz CT molecular complexity index is 1220. The molecule has 2 heterocycles. The number of ether oxygens (including phenoxy) is 1. The first-order valence-corrected chi connectivity index (χ1v) is 11.2. The van der Waals surface area contributed by atoms with Gasteiger partial charge in [0.25, 0.3) is 11.7 Å². The number of aliphatic hydroxyl groups is 1. The summed E-state index contributed by atoms with van der Waals surface area (Å²) in [6.07, 6.45) is 7.47. The molecule has 1 N–H and O–H groups in total. The van der Waals surface area contributed by atoms with Gasteiger partial charge in [0.1, 0.15) is 18.1 Å². The summed E-state index contributed by atoms with van der Waals surface area (Å²) in [5, 5.41) is 11.6. The van der Waals surface area contributed by atoms with Crippen molar-refractivity contribution in [1.29, 1.82) is 0 Å². The largest absolute Gasteiger partial charge is 0.507 e. The molecule has 1 saturated heterocycles. The fourth-order valence-corrected chi connectivity index (χ4v) is 4.12. The van der Waals surface area contributed by atoms with Gasteiger partial charge in [-0.2, -0.15) is 0 Å². The fraction of sp³-hybridized carbons (Fsp3) is 0.192. The number of carbonyl (C=O) groups is 2. The molecule has 1 atom stereocenters. The highest BCUT2D eigenvalue weighted by atomic mass is 35.5. The van der Waals surface area contributed by atoms with Crippen LogP contribution in [0, 0.1) is 0 Å². The molecular formula is C26H24ClN3O4. The number of aliphatic hydroxyl groups excluding tert-OH is 1. The van der Waals surface area contributed by atoms with Crippen molar-refractivity contribution in [2.75, 3.05) is 13.2 Å². The van der Waals surface area contributed by atoms with E-state index >= 15 is 0 Å². The number of nitrogens with zero attached hydrogens (tertiary/aromatic N) is 3. The number of benzene rings is 2. The Morgan fingerprint density at radius 1 is 1.18 bits per heavy atom. The van der Waals surface area contributed by atoms with Crippen LogP contribution < -0.4 is 4.74 Å². The molecule has 1 fully saturated rings. The third-order valence-corrected chi connectivity index (χ3v) is 5.83. The zero-order chi connectivity index (χ0) is 24.1. The molecule has 7 nitrogen and oxygen atoms in total. The highest BCUT2D eigenvalue weighted by Crippen LogP contribution is 2.40. The monoisotopic (exact) mass is 477 g/mol. The van der Waals surface area contributed by atoms with Crippen LogP contribution in [0.4, 0.5) is 0 Å². The number of aryl methyl sites for hydroxylation is 1. The quantitative estimate of drug-likeness (QED) is 0.210. The van der Waals surface area contributed by atoms with E-state index in [-0.39, 0.29) is 11.3 Å². The van der Waals surface area contributed by atoms with Gasteiger partial charge in [-0.05, 0) is 48.4 Å². The SMILES string of the molecule is C=CCOc1cccc([C@@H]2C(=C(O)c3ccc(Cl)cc3)C(=O)C(=O)N2CCCn2ccnc2)c1. The van der Waals surface area contributed by atoms with Gasteiger partial charge in [-0.25, -0.2) is 4.98 Å². The predicted octanol–water partition coefficient (Wildman–Crippen LogP) is 4.61. The van der Waals surface area contributed by atoms with Crippen LogP contribution in [0.25, 0.3) is 5.76 Å². The second-order valence-corrected chi connectivity index (χ2v) is 8.26. The lowest BCUT2D eigenvalue weighted by Crippen LogP contribution is -2.31. The summed E-state index contributed by atoms with van der Waals surface area (Å²) < 4.78 is 7.56. The number of imidazole rings is 1. The first-order chi connectivity index (χ1) is 16.5. The average molecular weight is 478 g/mol. The van der Waals surface area contributed by atoms with Gasteiger partial charge in [0, 0.05) is 36.1 Å². The number of rotatable bonds is 9. The third-order valence-electron chi connectivity index (χ3n) is 5.57. The van der Waals surface area contributed by atoms with E-state index in [1.54, 1.807) is 61.1 Å². The Balaban J connectivity index is 1.73. The Hall–Kier alpha value is -3.84. The lowest BCUT2D eigenvalue weighted by Gasteiger charge is -2.25. The molecule has 174 valence electrons. The van der Waals surface area contributed by atoms with E-state index in [2.05, 4.69) is 11.6 Å². The van der Waals surface area contributed by atoms with Crippen LogP contribution in [-0.2, 0) is 16.1 Å². The van der Waals surface area contributed by atoms with E-state index in [0.717, 1.165) is 0 Å². The molecule has 0 saturated carbocycles. The standard InChI is InChI=1S/C26H24ClN3O4/c1-2-15-34-21-6-3-5-19(16-21)23-22(24(31)18-7-9-20(27)10-8-18)25(32)26(33)30(23)13-4-12-29-14-11-28-17-29/h2-3,5-11,14,16-17,23,31H,1,4,12-13,15H2/t23-/m1/s1. The second-order valence-electron chi connectivity index (χ2n) is 7.83. The molecule has 4 rings (SSSR count). The highest BCUT2D eigenvalue weighted by Gasteiger charge is 2.45. The molecule has 1 aliphatic heterocycles. The summed E-state index contributed by atoms with van der Waals surface area (Å²) in [5.41, 5.74) is 1.11. The topological polar surface area (TPSA) is 84.7 Å². The Kier molecular flexibility index (Phi) is 7.13. The van der Waals surface area contributed by atoms with E-state index in [1.165, 1.54) is 4.90 Å². The molecule has 0 aliphatic carbocycles. The minimum Gasteiger partial charge on any atom is -0.507 e. The lowest BCUT2D eigenvalue weighted by atomic mass is 9.95. The smallest absolute Gasteiger partial charge is 0.295 e. The normalized spacial score (nSPS) is 17.2. The number of ketones is 1. The zero-order valence-corrected chi connectivity index (χ0v) is 19.2. The summed E-state index contributed by atoms with van der Waals surface area (Å²) in [5.74, 6) is -1.04. The molecule has 1 aliphatic rings. The predicted molar refractivity (Wildman–Crippen MR) is 129 cm³/mol. The number of aromatic nitrogens is 2. The van der Waals surface area contributed by atoms with E-state index in [0.29, 0.717) is 48.0 Å². The van der Waals surface area contributed by atoms with Crippen LogP contribution in [0.15, 0.2) is 85.5 Å². The van der Waals surface area contributed by atoms with Crippen molar-refractivity contribution in [3.8, 4) is 5.75 Å². The van der Waals surface area contributed by atoms with Crippen LogP contribution in [0.3, 0.4) is 0 Å². The maximum Gasteiger partial charge on any atom is 0.295 e. The van der Waals surface area contributed by atoms with Crippen molar-refractivity contribution in [2.24, 2.45) is 0 Å². The van der Waals surface area contributed by atoms with Crippen molar-refractivity contribution in [2.45, 2.75) is 19.0 Å². The van der Waals surface area contributed by atoms with Crippen molar-refractivity contribution >= 4 is 29.1 Å². The van der Waals surface area contributed by atoms with Gasteiger partial charge in [-0.15, -0.1) is 0 Å². The van der Waals surface area contributed by atoms with Gasteiger partial charge < -0.3 is 19.3 Å². The van der Waals surface area contributed by atoms with Crippen molar-refractivity contribution in [1.82, 2.24) is 14.5 Å². The first kappa shape index (κ1) is 23.3. The van der Waals surface area contributed by atoms with E-state index in [4.69, 9.17) is 16.3 Å². The lowest BCUT2D eigenvalue weighted by molar-refractivity contribution is -0.139. The fourth-order valence-electron chi connectivity index (χ4n) is 3.99. The molecule has 2 aromatic carbocycles. The molecule has 0 radical (unpaired) electrons. The van der Waals surface area contributed by atoms with E-state index < -0.39 is 17.7 Å². The number of hydrogen-bond donors (Lipinski definition) is 1. The molecule has 1 amide bonds. The molecule has 1 aromatic heterocycles. The van der Waals surface area contributed by atoms with Gasteiger partial charge in [0.05, 0.1) is 17.9 Å². The maximum atomic E-state index is 13.1. The molecule has 3 aromatic rings. The molecule has 8 heteroatoms. The van der Waals surface area contributed by atoms with Crippen molar-refractivity contribution in [3.63, 3.8) is 0 Å². The summed E-state index contributed by atoms with van der Waals surface area (Å²) in [6, 6.07) is 12.9. The van der Waals surface area contributed by atoms with Crippen LogP contribution in [0.2, 0.25) is 5.02 Å². The number of halogens is 1. The van der Waals surface area contributed by atoms with Crippen LogP contribution >= 0.6 is 11.6 Å². The van der Waals surface area contributed by atoms with Crippen molar-refractivity contribution in [3.05, 3.63) is 102 Å². The highest BCUT2D eigenvalue weighted by molar-refractivity contribution is 6.46. The summed E-state index contributed by atoms with van der Waals surface area (Å²) >= 11 is 5.98. The molecule has 34 heavy (non-hydrogen) atoms. The number of likely N-dealkylation sites (tertiary alicyclic amines) is 1. The average Bonchev–Trinajstić information content (AvgIpc) is 3.45.